The molecule has 4 aromatic rings. The number of carbonyl (C=O) groups is 2. The zero-order valence-corrected chi connectivity index (χ0v) is 19.1. The molecule has 1 aliphatic rings. The van der Waals surface area contributed by atoms with Gasteiger partial charge in [-0.3, -0.25) is 23.9 Å². The van der Waals surface area contributed by atoms with Crippen molar-refractivity contribution < 1.29 is 14.0 Å². The molecule has 0 unspecified atom stereocenters. The lowest BCUT2D eigenvalue weighted by Crippen LogP contribution is -2.39. The minimum Gasteiger partial charge on any atom is -0.310 e. The maximum Gasteiger partial charge on any atom is 0.294 e. The lowest BCUT2D eigenvalue weighted by molar-refractivity contribution is -0.119. The fourth-order valence-electron chi connectivity index (χ4n) is 4.44. The van der Waals surface area contributed by atoms with Gasteiger partial charge in [0.05, 0.1) is 17.6 Å². The standard InChI is InChI=1S/C27H23FN4O3/c1-18(33)31(16-19-10-12-21(28)13-11-19)26-27(35)32(24-9-5-3-7-22(24)29-26)17-25(34)30-15-14-20-6-2-4-8-23(20)30/h2-13H,14-17H2,1H3. The Morgan fingerprint density at radius 2 is 1.71 bits per heavy atom. The molecule has 0 aliphatic carbocycles. The summed E-state index contributed by atoms with van der Waals surface area (Å²) in [6, 6.07) is 20.5. The van der Waals surface area contributed by atoms with Crippen LogP contribution in [-0.2, 0) is 29.1 Å². The molecule has 0 saturated heterocycles. The van der Waals surface area contributed by atoms with Gasteiger partial charge in [0.1, 0.15) is 12.4 Å². The Morgan fingerprint density at radius 1 is 1.00 bits per heavy atom. The SMILES string of the molecule is CC(=O)N(Cc1ccc(F)cc1)c1nc2ccccc2n(CC(=O)N2CCc3ccccc32)c1=O. The fraction of sp³-hybridized carbons (Fsp3) is 0.185. The molecule has 5 rings (SSSR count). The van der Waals surface area contributed by atoms with Crippen LogP contribution in [0, 0.1) is 5.82 Å². The van der Waals surface area contributed by atoms with Gasteiger partial charge in [-0.05, 0) is 47.9 Å². The summed E-state index contributed by atoms with van der Waals surface area (Å²) in [4.78, 5) is 47.0. The number of fused-ring (bicyclic) bond motifs is 2. The van der Waals surface area contributed by atoms with Crippen molar-refractivity contribution in [1.29, 1.82) is 0 Å². The zero-order chi connectivity index (χ0) is 24.5. The molecule has 1 aromatic heterocycles. The van der Waals surface area contributed by atoms with Gasteiger partial charge in [-0.2, -0.15) is 0 Å². The first-order chi connectivity index (χ1) is 16.9. The monoisotopic (exact) mass is 470 g/mol. The molecule has 2 amide bonds. The number of aromatic nitrogens is 2. The number of benzene rings is 3. The Hall–Kier alpha value is -4.33. The second kappa shape index (κ2) is 9.13. The van der Waals surface area contributed by atoms with Gasteiger partial charge < -0.3 is 4.90 Å². The molecule has 0 saturated carbocycles. The maximum atomic E-state index is 13.6. The van der Waals surface area contributed by atoms with E-state index in [0.29, 0.717) is 23.1 Å². The summed E-state index contributed by atoms with van der Waals surface area (Å²) < 4.78 is 14.7. The summed E-state index contributed by atoms with van der Waals surface area (Å²) in [5.41, 5.74) is 3.05. The molecule has 7 nitrogen and oxygen atoms in total. The highest BCUT2D eigenvalue weighted by Gasteiger charge is 2.27. The number of amides is 2. The third kappa shape index (κ3) is 4.30. The molecule has 0 spiro atoms. The van der Waals surface area contributed by atoms with Crippen LogP contribution in [0.1, 0.15) is 18.1 Å². The van der Waals surface area contributed by atoms with Crippen LogP contribution in [0.2, 0.25) is 0 Å². The van der Waals surface area contributed by atoms with Crippen LogP contribution in [0.4, 0.5) is 15.9 Å². The molecule has 8 heteroatoms. The Balaban J connectivity index is 1.56. The largest absolute Gasteiger partial charge is 0.310 e. The van der Waals surface area contributed by atoms with Crippen LogP contribution >= 0.6 is 0 Å². The number of hydrogen-bond acceptors (Lipinski definition) is 4. The molecular formula is C27H23FN4O3. The summed E-state index contributed by atoms with van der Waals surface area (Å²) in [6.45, 7) is 1.75. The van der Waals surface area contributed by atoms with E-state index in [2.05, 4.69) is 4.98 Å². The number of para-hydroxylation sites is 3. The predicted octanol–water partition coefficient (Wildman–Crippen LogP) is 3.68. The first-order valence-corrected chi connectivity index (χ1v) is 11.3. The third-order valence-electron chi connectivity index (χ3n) is 6.21. The smallest absolute Gasteiger partial charge is 0.294 e. The highest BCUT2D eigenvalue weighted by Crippen LogP contribution is 2.28. The van der Waals surface area contributed by atoms with Crippen molar-refractivity contribution >= 4 is 34.4 Å². The highest BCUT2D eigenvalue weighted by atomic mass is 19.1. The molecule has 0 fully saturated rings. The van der Waals surface area contributed by atoms with E-state index in [1.54, 1.807) is 41.3 Å². The van der Waals surface area contributed by atoms with Gasteiger partial charge >= 0.3 is 0 Å². The normalized spacial score (nSPS) is 12.6. The average molecular weight is 471 g/mol. The number of halogens is 1. The fourth-order valence-corrected chi connectivity index (χ4v) is 4.44. The summed E-state index contributed by atoms with van der Waals surface area (Å²) in [5, 5.41) is 0. The van der Waals surface area contributed by atoms with E-state index in [4.69, 9.17) is 0 Å². The van der Waals surface area contributed by atoms with Crippen molar-refractivity contribution in [3.8, 4) is 0 Å². The van der Waals surface area contributed by atoms with E-state index < -0.39 is 11.4 Å². The Morgan fingerprint density at radius 3 is 2.49 bits per heavy atom. The van der Waals surface area contributed by atoms with Crippen molar-refractivity contribution in [2.45, 2.75) is 26.4 Å². The van der Waals surface area contributed by atoms with Crippen molar-refractivity contribution in [1.82, 2.24) is 9.55 Å². The molecule has 35 heavy (non-hydrogen) atoms. The molecule has 0 N–H and O–H groups in total. The Labute approximate surface area is 201 Å². The van der Waals surface area contributed by atoms with Gasteiger partial charge in [-0.15, -0.1) is 0 Å². The van der Waals surface area contributed by atoms with Crippen LogP contribution in [0.15, 0.2) is 77.6 Å². The van der Waals surface area contributed by atoms with Crippen molar-refractivity contribution in [2.24, 2.45) is 0 Å². The number of rotatable bonds is 5. The number of hydrogen-bond donors (Lipinski definition) is 0. The van der Waals surface area contributed by atoms with E-state index in [-0.39, 0.29) is 30.7 Å². The van der Waals surface area contributed by atoms with Gasteiger partial charge in [0.25, 0.3) is 5.56 Å². The zero-order valence-electron chi connectivity index (χ0n) is 19.1. The van der Waals surface area contributed by atoms with E-state index in [1.807, 2.05) is 24.3 Å². The second-order valence-electron chi connectivity index (χ2n) is 8.47. The van der Waals surface area contributed by atoms with E-state index in [1.165, 1.54) is 28.5 Å². The maximum absolute atomic E-state index is 13.6. The number of anilines is 2. The minimum absolute atomic E-state index is 0.0453. The first-order valence-electron chi connectivity index (χ1n) is 11.3. The molecule has 0 bridgehead atoms. The summed E-state index contributed by atoms with van der Waals surface area (Å²) in [7, 11) is 0. The van der Waals surface area contributed by atoms with E-state index >= 15 is 0 Å². The van der Waals surface area contributed by atoms with Gasteiger partial charge in [-0.25, -0.2) is 9.37 Å². The summed E-state index contributed by atoms with van der Waals surface area (Å²) in [5.74, 6) is -1.07. The lowest BCUT2D eigenvalue weighted by atomic mass is 10.2. The van der Waals surface area contributed by atoms with E-state index in [0.717, 1.165) is 17.7 Å². The topological polar surface area (TPSA) is 75.5 Å². The molecule has 176 valence electrons. The van der Waals surface area contributed by atoms with Crippen LogP contribution in [0.3, 0.4) is 0 Å². The molecule has 2 heterocycles. The van der Waals surface area contributed by atoms with E-state index in [9.17, 15) is 18.8 Å². The first kappa shape index (κ1) is 22.5. The van der Waals surface area contributed by atoms with Crippen LogP contribution < -0.4 is 15.4 Å². The van der Waals surface area contributed by atoms with Gasteiger partial charge in [0.2, 0.25) is 17.6 Å². The Bertz CT molecular complexity index is 1500. The molecular weight excluding hydrogens is 447 g/mol. The average Bonchev–Trinajstić information content (AvgIpc) is 3.29. The summed E-state index contributed by atoms with van der Waals surface area (Å²) in [6.07, 6.45) is 0.759. The quantitative estimate of drug-likeness (QED) is 0.446. The van der Waals surface area contributed by atoms with Gasteiger partial charge in [0, 0.05) is 19.2 Å². The summed E-state index contributed by atoms with van der Waals surface area (Å²) >= 11 is 0. The van der Waals surface area contributed by atoms with Crippen molar-refractivity contribution in [3.63, 3.8) is 0 Å². The second-order valence-corrected chi connectivity index (χ2v) is 8.47. The molecule has 3 aromatic carbocycles. The molecule has 0 radical (unpaired) electrons. The predicted molar refractivity (Wildman–Crippen MR) is 132 cm³/mol. The van der Waals surface area contributed by atoms with Crippen LogP contribution in [0.5, 0.6) is 0 Å². The third-order valence-corrected chi connectivity index (χ3v) is 6.21. The lowest BCUT2D eigenvalue weighted by Gasteiger charge is -2.23. The number of carbonyl (C=O) groups excluding carboxylic acids is 2. The van der Waals surface area contributed by atoms with Gasteiger partial charge in [-0.1, -0.05) is 42.5 Å². The number of nitrogens with zero attached hydrogens (tertiary/aromatic N) is 4. The van der Waals surface area contributed by atoms with Crippen molar-refractivity contribution in [2.75, 3.05) is 16.3 Å². The highest BCUT2D eigenvalue weighted by molar-refractivity contribution is 5.96. The molecule has 1 aliphatic heterocycles. The van der Waals surface area contributed by atoms with Crippen LogP contribution in [0.25, 0.3) is 11.0 Å². The van der Waals surface area contributed by atoms with Gasteiger partial charge in [0.15, 0.2) is 0 Å². The Kier molecular flexibility index (Phi) is 5.86. The molecule has 0 atom stereocenters. The van der Waals surface area contributed by atoms with Crippen LogP contribution in [-0.4, -0.2) is 27.9 Å². The van der Waals surface area contributed by atoms with Crippen molar-refractivity contribution in [3.05, 3.63) is 100 Å². The minimum atomic E-state index is -0.540.